The van der Waals surface area contributed by atoms with Crippen LogP contribution in [0.3, 0.4) is 0 Å². The van der Waals surface area contributed by atoms with Gasteiger partial charge in [-0.3, -0.25) is 0 Å². The van der Waals surface area contributed by atoms with E-state index in [2.05, 4.69) is 6.92 Å². The number of phenols is 1. The predicted molar refractivity (Wildman–Crippen MR) is 99.5 cm³/mol. The SMILES string of the molecule is CCCCOc1ccc(S(=O)(=O)CCOc2ccc(O)c(C(=O)O)c2)cc1. The first kappa shape index (κ1) is 20.6. The fourth-order valence-corrected chi connectivity index (χ4v) is 3.33. The van der Waals surface area contributed by atoms with Crippen molar-refractivity contribution in [1.82, 2.24) is 0 Å². The molecule has 0 bridgehead atoms. The molecule has 0 saturated carbocycles. The summed E-state index contributed by atoms with van der Waals surface area (Å²) in [6.45, 7) is 2.49. The molecule has 0 radical (unpaired) electrons. The number of carboxylic acid groups (broad SMARTS) is 1. The van der Waals surface area contributed by atoms with Crippen LogP contribution < -0.4 is 9.47 Å². The van der Waals surface area contributed by atoms with Gasteiger partial charge in [0.25, 0.3) is 0 Å². The number of benzene rings is 2. The molecule has 2 N–H and O–H groups in total. The average molecular weight is 394 g/mol. The van der Waals surface area contributed by atoms with Crippen LogP contribution in [0.4, 0.5) is 0 Å². The van der Waals surface area contributed by atoms with Crippen molar-refractivity contribution in [2.24, 2.45) is 0 Å². The van der Waals surface area contributed by atoms with Gasteiger partial charge in [-0.05, 0) is 48.9 Å². The Hall–Kier alpha value is -2.74. The highest BCUT2D eigenvalue weighted by Crippen LogP contribution is 2.23. The minimum Gasteiger partial charge on any atom is -0.507 e. The molecule has 0 heterocycles. The van der Waals surface area contributed by atoms with Crippen LogP contribution in [-0.2, 0) is 9.84 Å². The van der Waals surface area contributed by atoms with Crippen molar-refractivity contribution in [3.63, 3.8) is 0 Å². The molecule has 0 spiro atoms. The van der Waals surface area contributed by atoms with Gasteiger partial charge >= 0.3 is 5.97 Å². The lowest BCUT2D eigenvalue weighted by Crippen LogP contribution is -2.14. The Balaban J connectivity index is 1.95. The molecular formula is C19H22O7S. The summed E-state index contributed by atoms with van der Waals surface area (Å²) in [6, 6.07) is 9.90. The predicted octanol–water partition coefficient (Wildman–Crippen LogP) is 3.12. The minimum absolute atomic E-state index is 0.152. The fraction of sp³-hybridized carbons (Fsp3) is 0.316. The number of hydrogen-bond acceptors (Lipinski definition) is 6. The molecule has 0 saturated heterocycles. The third kappa shape index (κ3) is 5.89. The zero-order chi connectivity index (χ0) is 19.9. The van der Waals surface area contributed by atoms with Crippen LogP contribution in [0.25, 0.3) is 0 Å². The van der Waals surface area contributed by atoms with Crippen molar-refractivity contribution in [1.29, 1.82) is 0 Å². The summed E-state index contributed by atoms with van der Waals surface area (Å²) < 4.78 is 35.6. The zero-order valence-corrected chi connectivity index (χ0v) is 15.7. The van der Waals surface area contributed by atoms with Gasteiger partial charge in [0.1, 0.15) is 29.4 Å². The highest BCUT2D eigenvalue weighted by Gasteiger charge is 2.16. The summed E-state index contributed by atoms with van der Waals surface area (Å²) >= 11 is 0. The first-order valence-electron chi connectivity index (χ1n) is 8.48. The number of sulfone groups is 1. The Morgan fingerprint density at radius 1 is 1.00 bits per heavy atom. The van der Waals surface area contributed by atoms with Crippen LogP contribution in [-0.4, -0.2) is 43.6 Å². The summed E-state index contributed by atoms with van der Waals surface area (Å²) in [5.41, 5.74) is -0.311. The van der Waals surface area contributed by atoms with Crippen molar-refractivity contribution in [3.8, 4) is 17.2 Å². The molecule has 0 fully saturated rings. The average Bonchev–Trinajstić information content (AvgIpc) is 2.63. The van der Waals surface area contributed by atoms with Gasteiger partial charge in [-0.25, -0.2) is 13.2 Å². The molecule has 0 aromatic heterocycles. The highest BCUT2D eigenvalue weighted by molar-refractivity contribution is 7.91. The standard InChI is InChI=1S/C19H22O7S/c1-2-3-10-25-14-4-7-16(8-5-14)27(23,24)12-11-26-15-6-9-18(20)17(13-15)19(21)22/h4-9,13,20H,2-3,10-12H2,1H3,(H,21,22). The topological polar surface area (TPSA) is 110 Å². The Bertz CT molecular complexity index is 873. The fourth-order valence-electron chi connectivity index (χ4n) is 2.24. The Morgan fingerprint density at radius 2 is 1.63 bits per heavy atom. The van der Waals surface area contributed by atoms with Gasteiger partial charge < -0.3 is 19.7 Å². The molecule has 0 amide bonds. The summed E-state index contributed by atoms with van der Waals surface area (Å²) in [4.78, 5) is 11.1. The van der Waals surface area contributed by atoms with Crippen LogP contribution in [0.5, 0.6) is 17.2 Å². The van der Waals surface area contributed by atoms with Crippen LogP contribution >= 0.6 is 0 Å². The van der Waals surface area contributed by atoms with E-state index in [0.717, 1.165) is 18.9 Å². The van der Waals surface area contributed by atoms with Crippen molar-refractivity contribution in [2.45, 2.75) is 24.7 Å². The summed E-state index contributed by atoms with van der Waals surface area (Å²) in [5.74, 6) is -1.17. The van der Waals surface area contributed by atoms with E-state index in [1.165, 1.54) is 24.3 Å². The second-order valence-electron chi connectivity index (χ2n) is 5.82. The molecule has 0 aliphatic carbocycles. The van der Waals surface area contributed by atoms with Crippen LogP contribution in [0.15, 0.2) is 47.4 Å². The van der Waals surface area contributed by atoms with Gasteiger partial charge in [0.15, 0.2) is 9.84 Å². The van der Waals surface area contributed by atoms with E-state index in [9.17, 15) is 18.3 Å². The molecule has 2 aromatic rings. The quantitative estimate of drug-likeness (QED) is 0.596. The highest BCUT2D eigenvalue weighted by atomic mass is 32.2. The van der Waals surface area contributed by atoms with Gasteiger partial charge in [0, 0.05) is 0 Å². The number of hydrogen-bond donors (Lipinski definition) is 2. The molecule has 2 aromatic carbocycles. The second-order valence-corrected chi connectivity index (χ2v) is 7.93. The van der Waals surface area contributed by atoms with Crippen LogP contribution in [0.1, 0.15) is 30.1 Å². The smallest absolute Gasteiger partial charge is 0.339 e. The molecule has 0 aliphatic rings. The number of ether oxygens (including phenoxy) is 2. The lowest BCUT2D eigenvalue weighted by Gasteiger charge is -2.10. The van der Waals surface area contributed by atoms with E-state index in [1.54, 1.807) is 12.1 Å². The Kier molecular flexibility index (Phi) is 7.06. The number of carbonyl (C=O) groups is 1. The maximum absolute atomic E-state index is 12.4. The van der Waals surface area contributed by atoms with E-state index < -0.39 is 15.8 Å². The second kappa shape index (κ2) is 9.27. The van der Waals surface area contributed by atoms with Gasteiger partial charge in [-0.15, -0.1) is 0 Å². The molecule has 146 valence electrons. The molecule has 0 unspecified atom stereocenters. The first-order chi connectivity index (χ1) is 12.8. The number of unbranched alkanes of at least 4 members (excludes halogenated alkanes) is 1. The lowest BCUT2D eigenvalue weighted by molar-refractivity contribution is 0.0693. The Morgan fingerprint density at radius 3 is 2.26 bits per heavy atom. The largest absolute Gasteiger partial charge is 0.507 e. The minimum atomic E-state index is -3.55. The monoisotopic (exact) mass is 394 g/mol. The van der Waals surface area contributed by atoms with Gasteiger partial charge in [-0.2, -0.15) is 0 Å². The van der Waals surface area contributed by atoms with Crippen LogP contribution in [0.2, 0.25) is 0 Å². The van der Waals surface area contributed by atoms with E-state index in [1.807, 2.05) is 0 Å². The van der Waals surface area contributed by atoms with Crippen molar-refractivity contribution < 1.29 is 32.9 Å². The van der Waals surface area contributed by atoms with Gasteiger partial charge in [-0.1, -0.05) is 13.3 Å². The molecule has 27 heavy (non-hydrogen) atoms. The van der Waals surface area contributed by atoms with Gasteiger partial charge in [0.05, 0.1) is 17.3 Å². The molecule has 2 rings (SSSR count). The summed E-state index contributed by atoms with van der Waals surface area (Å²) in [7, 11) is -3.55. The lowest BCUT2D eigenvalue weighted by atomic mass is 10.2. The normalized spacial score (nSPS) is 11.1. The maximum Gasteiger partial charge on any atom is 0.339 e. The molecule has 0 aliphatic heterocycles. The molecule has 0 atom stereocenters. The summed E-state index contributed by atoms with van der Waals surface area (Å²) in [5, 5.41) is 18.4. The van der Waals surface area contributed by atoms with Crippen molar-refractivity contribution >= 4 is 15.8 Å². The molecule has 7 nitrogen and oxygen atoms in total. The Labute approximate surface area is 158 Å². The molecule has 8 heteroatoms. The summed E-state index contributed by atoms with van der Waals surface area (Å²) in [6.07, 6.45) is 1.94. The van der Waals surface area contributed by atoms with Gasteiger partial charge in [0.2, 0.25) is 0 Å². The van der Waals surface area contributed by atoms with E-state index in [4.69, 9.17) is 14.6 Å². The third-order valence-electron chi connectivity index (χ3n) is 3.77. The number of rotatable bonds is 10. The number of aromatic hydroxyl groups is 1. The molecular weight excluding hydrogens is 372 g/mol. The van der Waals surface area contributed by atoms with Crippen molar-refractivity contribution in [3.05, 3.63) is 48.0 Å². The van der Waals surface area contributed by atoms with Crippen LogP contribution in [0, 0.1) is 0 Å². The number of aromatic carboxylic acids is 1. The van der Waals surface area contributed by atoms with E-state index in [-0.39, 0.29) is 34.3 Å². The maximum atomic E-state index is 12.4. The van der Waals surface area contributed by atoms with Crippen molar-refractivity contribution in [2.75, 3.05) is 19.0 Å². The first-order valence-corrected chi connectivity index (χ1v) is 10.1. The third-order valence-corrected chi connectivity index (χ3v) is 5.46. The number of carboxylic acids is 1. The van der Waals surface area contributed by atoms with E-state index in [0.29, 0.717) is 12.4 Å². The zero-order valence-electron chi connectivity index (χ0n) is 14.9. The van der Waals surface area contributed by atoms with E-state index >= 15 is 0 Å².